The first kappa shape index (κ1) is 31.8. The monoisotopic (exact) mass is 596 g/mol. The van der Waals surface area contributed by atoms with Crippen LogP contribution in [0.15, 0.2) is 53.7 Å². The molecule has 4 N–H and O–H groups in total. The summed E-state index contributed by atoms with van der Waals surface area (Å²) in [6, 6.07) is 11.3. The van der Waals surface area contributed by atoms with Gasteiger partial charge in [-0.05, 0) is 36.0 Å². The van der Waals surface area contributed by atoms with E-state index in [2.05, 4.69) is 13.8 Å². The predicted octanol–water partition coefficient (Wildman–Crippen LogP) is 4.92. The van der Waals surface area contributed by atoms with Crippen LogP contribution in [0.3, 0.4) is 0 Å². The van der Waals surface area contributed by atoms with Crippen molar-refractivity contribution in [1.29, 1.82) is 0 Å². The number of nitrogens with zero attached hydrogens (tertiary/aromatic N) is 2. The number of ether oxygens (including phenoxy) is 1. The minimum atomic E-state index is -1.32. The summed E-state index contributed by atoms with van der Waals surface area (Å²) in [7, 11) is 5.26. The fourth-order valence-corrected chi connectivity index (χ4v) is 7.35. The summed E-state index contributed by atoms with van der Waals surface area (Å²) in [5.74, 6) is -1.38. The second kappa shape index (κ2) is 13.4. The van der Waals surface area contributed by atoms with Crippen LogP contribution in [-0.4, -0.2) is 46.1 Å². The van der Waals surface area contributed by atoms with Crippen LogP contribution in [-0.2, 0) is 13.7 Å². The molecule has 0 saturated heterocycles. The average molecular weight is 597 g/mol. The van der Waals surface area contributed by atoms with E-state index >= 15 is 0 Å². The number of benzene rings is 2. The molecule has 1 aliphatic rings. The maximum Gasteiger partial charge on any atom is 0.186 e. The van der Waals surface area contributed by atoms with Crippen LogP contribution in [0.5, 0.6) is 23.0 Å². The SMILES string of the molecule is CCCCC1(CCCC)[C@H](O)[C@H](c2ccc(OCc3cc[n+](C)cc3)cc2)c2c(O)c(N(C)C)c(O)c(O)c2S[C@@H]1[O-]. The molecule has 3 aromatic rings. The Morgan fingerprint density at radius 3 is 2.07 bits per heavy atom. The van der Waals surface area contributed by atoms with Crippen molar-refractivity contribution in [2.75, 3.05) is 19.0 Å². The van der Waals surface area contributed by atoms with Crippen LogP contribution in [0.2, 0.25) is 0 Å². The number of aromatic nitrogens is 1. The number of hydrogen-bond acceptors (Lipinski definition) is 8. The number of thioether (sulfide) groups is 1. The van der Waals surface area contributed by atoms with Gasteiger partial charge in [-0.25, -0.2) is 4.57 Å². The molecule has 3 atom stereocenters. The van der Waals surface area contributed by atoms with Gasteiger partial charge in [0.1, 0.15) is 30.8 Å². The molecule has 0 unspecified atom stereocenters. The summed E-state index contributed by atoms with van der Waals surface area (Å²) in [6.45, 7) is 4.51. The molecule has 0 amide bonds. The van der Waals surface area contributed by atoms with Gasteiger partial charge in [-0.2, -0.15) is 0 Å². The van der Waals surface area contributed by atoms with Gasteiger partial charge in [-0.1, -0.05) is 57.1 Å². The molecule has 0 bridgehead atoms. The Balaban J connectivity index is 1.84. The van der Waals surface area contributed by atoms with Crippen molar-refractivity contribution < 1.29 is 34.8 Å². The van der Waals surface area contributed by atoms with Gasteiger partial charge in [-0.3, -0.25) is 0 Å². The summed E-state index contributed by atoms with van der Waals surface area (Å²) < 4.78 is 7.97. The number of aliphatic hydroxyl groups excluding tert-OH is 1. The molecule has 42 heavy (non-hydrogen) atoms. The molecule has 4 rings (SSSR count). The first-order valence-electron chi connectivity index (χ1n) is 14.7. The third-order valence-electron chi connectivity index (χ3n) is 8.43. The lowest BCUT2D eigenvalue weighted by Crippen LogP contribution is -2.51. The zero-order chi connectivity index (χ0) is 30.6. The van der Waals surface area contributed by atoms with Gasteiger partial charge in [0.05, 0.1) is 11.0 Å². The van der Waals surface area contributed by atoms with Gasteiger partial charge in [0, 0.05) is 43.3 Å². The molecule has 0 radical (unpaired) electrons. The molecule has 0 saturated carbocycles. The summed E-state index contributed by atoms with van der Waals surface area (Å²) >= 11 is 0.897. The molecular formula is C33H44N2O6S. The van der Waals surface area contributed by atoms with E-state index in [-0.39, 0.29) is 21.9 Å². The number of pyridine rings is 1. The van der Waals surface area contributed by atoms with Crippen LogP contribution in [0, 0.1) is 5.41 Å². The quantitative estimate of drug-likeness (QED) is 0.140. The van der Waals surface area contributed by atoms with Crippen molar-refractivity contribution in [2.45, 2.75) is 81.3 Å². The van der Waals surface area contributed by atoms with Crippen LogP contribution in [0.1, 0.15) is 75.0 Å². The highest BCUT2D eigenvalue weighted by atomic mass is 32.2. The highest BCUT2D eigenvalue weighted by Gasteiger charge is 2.49. The van der Waals surface area contributed by atoms with Crippen molar-refractivity contribution in [3.63, 3.8) is 0 Å². The van der Waals surface area contributed by atoms with Gasteiger partial charge in [0.25, 0.3) is 0 Å². The molecule has 8 nitrogen and oxygen atoms in total. The van der Waals surface area contributed by atoms with E-state index in [4.69, 9.17) is 4.74 Å². The number of aromatic hydroxyl groups is 3. The Hall–Kier alpha value is -3.14. The number of phenolic OH excluding ortho intramolecular Hbond substituents is 3. The van der Waals surface area contributed by atoms with Crippen molar-refractivity contribution in [2.24, 2.45) is 12.5 Å². The normalized spacial score (nSPS) is 19.6. The lowest BCUT2D eigenvalue weighted by molar-refractivity contribution is -0.671. The third-order valence-corrected chi connectivity index (χ3v) is 9.76. The zero-order valence-corrected chi connectivity index (χ0v) is 26.0. The fraction of sp³-hybridized carbons (Fsp3) is 0.485. The molecule has 0 spiro atoms. The number of phenols is 3. The summed E-state index contributed by atoms with van der Waals surface area (Å²) in [4.78, 5) is 1.63. The van der Waals surface area contributed by atoms with E-state index in [0.717, 1.165) is 43.0 Å². The van der Waals surface area contributed by atoms with Gasteiger partial charge >= 0.3 is 0 Å². The first-order chi connectivity index (χ1) is 20.0. The van der Waals surface area contributed by atoms with Crippen molar-refractivity contribution in [1.82, 2.24) is 0 Å². The number of aryl methyl sites for hydroxylation is 1. The highest BCUT2D eigenvalue weighted by molar-refractivity contribution is 7.99. The van der Waals surface area contributed by atoms with Gasteiger partial charge < -0.3 is 35.2 Å². The second-order valence-electron chi connectivity index (χ2n) is 11.6. The molecule has 228 valence electrons. The maximum absolute atomic E-state index is 14.2. The van der Waals surface area contributed by atoms with E-state index < -0.39 is 34.4 Å². The van der Waals surface area contributed by atoms with Crippen LogP contribution in [0.25, 0.3) is 0 Å². The van der Waals surface area contributed by atoms with Gasteiger partial charge in [0.2, 0.25) is 0 Å². The molecule has 2 aromatic carbocycles. The van der Waals surface area contributed by atoms with Crippen LogP contribution >= 0.6 is 11.8 Å². The van der Waals surface area contributed by atoms with Crippen molar-refractivity contribution >= 4 is 17.4 Å². The predicted molar refractivity (Wildman–Crippen MR) is 163 cm³/mol. The lowest BCUT2D eigenvalue weighted by atomic mass is 9.67. The number of aliphatic hydroxyl groups is 1. The second-order valence-corrected chi connectivity index (χ2v) is 12.6. The Morgan fingerprint density at radius 1 is 0.929 bits per heavy atom. The molecule has 1 aromatic heterocycles. The van der Waals surface area contributed by atoms with Gasteiger partial charge in [-0.15, -0.1) is 11.8 Å². The van der Waals surface area contributed by atoms with E-state index in [1.165, 1.54) is 4.90 Å². The topological polar surface area (TPSA) is 120 Å². The maximum atomic E-state index is 14.2. The Bertz CT molecular complexity index is 1340. The van der Waals surface area contributed by atoms with Crippen LogP contribution < -0.4 is 19.3 Å². The molecule has 0 fully saturated rings. The first-order valence-corrected chi connectivity index (χ1v) is 15.6. The standard InChI is InChI=1S/C33H44N2O6S/c1-6-8-16-33(17-9-7-2)31(39)24(22-10-12-23(13-11-22)41-20-21-14-18-35(5)19-15-21)25-27(36)26(34(3)4)28(37)29(38)30(25)42-32(33)40/h10-15,18-19,24,31-32,36-39H,6-9,16-17,20H2,1-5H3/t24-,31-,32+/m1/s1. The summed E-state index contributed by atoms with van der Waals surface area (Å²) in [6.07, 6.45) is 7.05. The molecule has 9 heteroatoms. The van der Waals surface area contributed by atoms with Crippen molar-refractivity contribution in [3.8, 4) is 23.0 Å². The van der Waals surface area contributed by atoms with E-state index in [1.807, 2.05) is 60.4 Å². The highest BCUT2D eigenvalue weighted by Crippen LogP contribution is 2.61. The number of unbranched alkanes of at least 4 members (excludes halogenated alkanes) is 2. The molecule has 1 aliphatic heterocycles. The Kier molecular flexibility index (Phi) is 10.2. The number of hydrogen-bond donors (Lipinski definition) is 4. The molecular weight excluding hydrogens is 552 g/mol. The Morgan fingerprint density at radius 2 is 1.52 bits per heavy atom. The molecule has 2 heterocycles. The third kappa shape index (κ3) is 6.14. The van der Waals surface area contributed by atoms with E-state index in [0.29, 0.717) is 30.8 Å². The minimum Gasteiger partial charge on any atom is -0.843 e. The Labute approximate surface area is 253 Å². The largest absolute Gasteiger partial charge is 0.843 e. The number of rotatable bonds is 11. The number of anilines is 1. The van der Waals surface area contributed by atoms with Crippen LogP contribution in [0.4, 0.5) is 5.69 Å². The zero-order valence-electron chi connectivity index (χ0n) is 25.2. The smallest absolute Gasteiger partial charge is 0.186 e. The average Bonchev–Trinajstić information content (AvgIpc) is 3.06. The lowest BCUT2D eigenvalue weighted by Gasteiger charge is -2.48. The van der Waals surface area contributed by atoms with Crippen molar-refractivity contribution in [3.05, 3.63) is 65.5 Å². The van der Waals surface area contributed by atoms with E-state index in [9.17, 15) is 25.5 Å². The summed E-state index contributed by atoms with van der Waals surface area (Å²) in [5.41, 5.74) is -0.340. The fourth-order valence-electron chi connectivity index (χ4n) is 5.96. The summed E-state index contributed by atoms with van der Waals surface area (Å²) in [5, 5.41) is 60.2. The molecule has 0 aliphatic carbocycles. The minimum absolute atomic E-state index is 0.0392. The van der Waals surface area contributed by atoms with Gasteiger partial charge in [0.15, 0.2) is 23.9 Å². The van der Waals surface area contributed by atoms with E-state index in [1.54, 1.807) is 14.1 Å². The number of fused-ring (bicyclic) bond motifs is 1.